The summed E-state index contributed by atoms with van der Waals surface area (Å²) in [6, 6.07) is 4.87. The summed E-state index contributed by atoms with van der Waals surface area (Å²) in [5, 5.41) is 2.25. The topological polar surface area (TPSA) is 92.8 Å². The van der Waals surface area contributed by atoms with E-state index in [1.54, 1.807) is 15.9 Å². The van der Waals surface area contributed by atoms with Gasteiger partial charge in [-0.3, -0.25) is 9.36 Å². The number of hydrogen-bond donors (Lipinski definition) is 2. The Labute approximate surface area is 194 Å². The first-order chi connectivity index (χ1) is 15.5. The molecular formula is C23H25ClN6OS. The lowest BCUT2D eigenvalue weighted by atomic mass is 9.98. The molecule has 0 radical (unpaired) electrons. The van der Waals surface area contributed by atoms with Crippen molar-refractivity contribution >= 4 is 50.1 Å². The number of H-pyrrole nitrogens is 1. The Kier molecular flexibility index (Phi) is 4.61. The predicted molar refractivity (Wildman–Crippen MR) is 131 cm³/mol. The van der Waals surface area contributed by atoms with E-state index in [0.29, 0.717) is 28.1 Å². The standard InChI is InChI=1S/C23H25ClN6OS/c1-3-17-27-16-7-6-14(19(24)20(16)32-17)15-10-26-21-18(15)22(31)29(2)23(28-21)30-12-4-5-13(30)9-11(25)8-12/h6-7,10-13,26H,3-5,8-9,25H2,1-2H3. The van der Waals surface area contributed by atoms with Gasteiger partial charge < -0.3 is 15.6 Å². The maximum absolute atomic E-state index is 13.6. The maximum atomic E-state index is 13.6. The lowest BCUT2D eigenvalue weighted by Gasteiger charge is -2.38. The summed E-state index contributed by atoms with van der Waals surface area (Å²) >= 11 is 8.42. The number of hydrogen-bond acceptors (Lipinski definition) is 6. The Morgan fingerprint density at radius 3 is 2.69 bits per heavy atom. The molecule has 2 bridgehead atoms. The zero-order valence-electron chi connectivity index (χ0n) is 18.1. The molecule has 0 amide bonds. The van der Waals surface area contributed by atoms with Crippen LogP contribution < -0.4 is 16.2 Å². The number of thiazole rings is 1. The molecule has 9 heteroatoms. The highest BCUT2D eigenvalue weighted by molar-refractivity contribution is 7.19. The van der Waals surface area contributed by atoms with E-state index in [9.17, 15) is 4.79 Å². The van der Waals surface area contributed by atoms with Gasteiger partial charge in [0.05, 0.1) is 25.6 Å². The number of nitrogens with two attached hydrogens (primary N) is 1. The molecule has 4 aromatic rings. The summed E-state index contributed by atoms with van der Waals surface area (Å²) in [6.45, 7) is 2.08. The van der Waals surface area contributed by atoms with E-state index < -0.39 is 0 Å². The summed E-state index contributed by atoms with van der Waals surface area (Å²) in [7, 11) is 1.82. The molecule has 2 unspecified atom stereocenters. The lowest BCUT2D eigenvalue weighted by molar-refractivity contribution is 0.405. The molecule has 6 rings (SSSR count). The highest BCUT2D eigenvalue weighted by Gasteiger charge is 2.41. The smallest absolute Gasteiger partial charge is 0.264 e. The van der Waals surface area contributed by atoms with Crippen LogP contribution in [0.3, 0.4) is 0 Å². The molecule has 3 N–H and O–H groups in total. The van der Waals surface area contributed by atoms with Crippen LogP contribution in [0.25, 0.3) is 32.4 Å². The summed E-state index contributed by atoms with van der Waals surface area (Å²) < 4.78 is 2.65. The molecule has 0 aliphatic carbocycles. The maximum Gasteiger partial charge on any atom is 0.264 e. The molecule has 2 aliphatic heterocycles. The van der Waals surface area contributed by atoms with Crippen molar-refractivity contribution in [3.05, 3.63) is 38.7 Å². The van der Waals surface area contributed by atoms with Gasteiger partial charge in [-0.05, 0) is 38.2 Å². The summed E-state index contributed by atoms with van der Waals surface area (Å²) in [5.74, 6) is 0.729. The van der Waals surface area contributed by atoms with Crippen LogP contribution in [-0.4, -0.2) is 37.6 Å². The average molecular weight is 469 g/mol. The minimum atomic E-state index is -0.0646. The minimum absolute atomic E-state index is 0.0646. The van der Waals surface area contributed by atoms with E-state index in [4.69, 9.17) is 22.3 Å². The Bertz CT molecular complexity index is 1410. The quantitative estimate of drug-likeness (QED) is 0.469. The first-order valence-electron chi connectivity index (χ1n) is 11.2. The highest BCUT2D eigenvalue weighted by atomic mass is 35.5. The van der Waals surface area contributed by atoms with Crippen molar-refractivity contribution in [2.45, 2.75) is 57.2 Å². The van der Waals surface area contributed by atoms with Gasteiger partial charge in [0, 0.05) is 42.5 Å². The molecule has 166 valence electrons. The van der Waals surface area contributed by atoms with E-state index >= 15 is 0 Å². The second-order valence-corrected chi connectivity index (χ2v) is 10.4. The van der Waals surface area contributed by atoms with Crippen LogP contribution in [0.4, 0.5) is 5.95 Å². The molecule has 1 aromatic carbocycles. The predicted octanol–water partition coefficient (Wildman–Crippen LogP) is 4.21. The Balaban J connectivity index is 1.50. The number of benzene rings is 1. The summed E-state index contributed by atoms with van der Waals surface area (Å²) in [5.41, 5.74) is 9.28. The van der Waals surface area contributed by atoms with E-state index in [2.05, 4.69) is 21.8 Å². The van der Waals surface area contributed by atoms with Crippen LogP contribution in [0.1, 0.15) is 37.6 Å². The molecule has 0 saturated carbocycles. The molecular weight excluding hydrogens is 444 g/mol. The van der Waals surface area contributed by atoms with Crippen LogP contribution in [0.2, 0.25) is 5.02 Å². The molecule has 2 atom stereocenters. The van der Waals surface area contributed by atoms with Crippen LogP contribution in [0.15, 0.2) is 23.1 Å². The second kappa shape index (κ2) is 7.30. The van der Waals surface area contributed by atoms with E-state index in [-0.39, 0.29) is 11.6 Å². The second-order valence-electron chi connectivity index (χ2n) is 8.96. The first kappa shape index (κ1) is 20.2. The average Bonchev–Trinajstić information content (AvgIpc) is 3.46. The van der Waals surface area contributed by atoms with Gasteiger partial charge in [-0.1, -0.05) is 24.6 Å². The zero-order chi connectivity index (χ0) is 22.1. The van der Waals surface area contributed by atoms with Crippen molar-refractivity contribution in [2.24, 2.45) is 12.8 Å². The van der Waals surface area contributed by atoms with Gasteiger partial charge in [-0.15, -0.1) is 11.3 Å². The molecule has 2 fully saturated rings. The number of piperidine rings is 1. The third-order valence-electron chi connectivity index (χ3n) is 7.02. The van der Waals surface area contributed by atoms with Gasteiger partial charge in [-0.2, -0.15) is 4.98 Å². The van der Waals surface area contributed by atoms with E-state index in [1.165, 1.54) is 0 Å². The normalized spacial score (nSPS) is 23.0. The summed E-state index contributed by atoms with van der Waals surface area (Å²) in [6.07, 6.45) is 6.82. The fraction of sp³-hybridized carbons (Fsp3) is 0.435. The monoisotopic (exact) mass is 468 g/mol. The van der Waals surface area contributed by atoms with Crippen LogP contribution >= 0.6 is 22.9 Å². The van der Waals surface area contributed by atoms with E-state index in [1.807, 2.05) is 25.4 Å². The fourth-order valence-electron chi connectivity index (χ4n) is 5.50. The van der Waals surface area contributed by atoms with Crippen molar-refractivity contribution in [1.82, 2.24) is 19.5 Å². The molecule has 2 saturated heterocycles. The van der Waals surface area contributed by atoms with E-state index in [0.717, 1.165) is 64.4 Å². The Hall–Kier alpha value is -2.42. The van der Waals surface area contributed by atoms with Crippen molar-refractivity contribution in [2.75, 3.05) is 4.90 Å². The number of aryl methyl sites for hydroxylation is 1. The number of nitrogens with zero attached hydrogens (tertiary/aromatic N) is 4. The molecule has 3 aromatic heterocycles. The van der Waals surface area contributed by atoms with Crippen LogP contribution in [0.5, 0.6) is 0 Å². The molecule has 32 heavy (non-hydrogen) atoms. The molecule has 0 spiro atoms. The number of anilines is 1. The lowest BCUT2D eigenvalue weighted by Crippen LogP contribution is -2.49. The van der Waals surface area contributed by atoms with Gasteiger partial charge in [-0.25, -0.2) is 4.98 Å². The largest absolute Gasteiger partial charge is 0.345 e. The number of nitrogens with one attached hydrogen (secondary N) is 1. The number of aromatic amines is 1. The van der Waals surface area contributed by atoms with Gasteiger partial charge in [0.25, 0.3) is 5.56 Å². The third-order valence-corrected chi connectivity index (χ3v) is 8.76. The van der Waals surface area contributed by atoms with Crippen LogP contribution in [0, 0.1) is 0 Å². The van der Waals surface area contributed by atoms with Gasteiger partial charge in [0.2, 0.25) is 5.95 Å². The van der Waals surface area contributed by atoms with Crippen molar-refractivity contribution in [3.8, 4) is 11.1 Å². The van der Waals surface area contributed by atoms with Crippen molar-refractivity contribution in [1.29, 1.82) is 0 Å². The first-order valence-corrected chi connectivity index (χ1v) is 12.4. The van der Waals surface area contributed by atoms with Crippen LogP contribution in [-0.2, 0) is 13.5 Å². The summed E-state index contributed by atoms with van der Waals surface area (Å²) in [4.78, 5) is 28.7. The Morgan fingerprint density at radius 1 is 1.22 bits per heavy atom. The number of aromatic nitrogens is 4. The zero-order valence-corrected chi connectivity index (χ0v) is 19.6. The Morgan fingerprint density at radius 2 is 1.97 bits per heavy atom. The SMILES string of the molecule is CCc1nc2ccc(-c3c[nH]c4nc(N5C6CCC5CC(N)C6)n(C)c(=O)c34)c(Cl)c2s1. The molecule has 7 nitrogen and oxygen atoms in total. The number of fused-ring (bicyclic) bond motifs is 4. The highest BCUT2D eigenvalue weighted by Crippen LogP contribution is 2.41. The number of rotatable bonds is 3. The number of halogens is 1. The third kappa shape index (κ3) is 2.86. The fourth-order valence-corrected chi connectivity index (χ4v) is 6.82. The van der Waals surface area contributed by atoms with Gasteiger partial charge in [0.1, 0.15) is 5.65 Å². The van der Waals surface area contributed by atoms with Gasteiger partial charge in [0.15, 0.2) is 0 Å². The van der Waals surface area contributed by atoms with Crippen molar-refractivity contribution in [3.63, 3.8) is 0 Å². The molecule has 5 heterocycles. The minimum Gasteiger partial charge on any atom is -0.345 e. The molecule has 2 aliphatic rings. The van der Waals surface area contributed by atoms with Gasteiger partial charge >= 0.3 is 0 Å². The van der Waals surface area contributed by atoms with Crippen molar-refractivity contribution < 1.29 is 0 Å².